The number of carbonyl (C=O) groups is 1. The maximum absolute atomic E-state index is 12.2. The first-order valence-corrected chi connectivity index (χ1v) is 7.91. The molecule has 0 bridgehead atoms. The van der Waals surface area contributed by atoms with Gasteiger partial charge in [0.15, 0.2) is 12.1 Å². The Labute approximate surface area is 145 Å². The van der Waals surface area contributed by atoms with Crippen molar-refractivity contribution in [3.8, 4) is 17.0 Å². The lowest BCUT2D eigenvalue weighted by molar-refractivity contribution is -0.0466. The Hall–Kier alpha value is -3.28. The van der Waals surface area contributed by atoms with Crippen molar-refractivity contribution < 1.29 is 18.8 Å². The predicted molar refractivity (Wildman–Crippen MR) is 91.6 cm³/mol. The second-order valence-electron chi connectivity index (χ2n) is 5.22. The van der Waals surface area contributed by atoms with Crippen LogP contribution in [0.2, 0.25) is 0 Å². The van der Waals surface area contributed by atoms with E-state index in [0.29, 0.717) is 12.3 Å². The van der Waals surface area contributed by atoms with Crippen LogP contribution in [0.1, 0.15) is 12.5 Å². The van der Waals surface area contributed by atoms with E-state index < -0.39 is 6.09 Å². The molecule has 25 heavy (non-hydrogen) atoms. The highest BCUT2D eigenvalue weighted by Gasteiger charge is 2.15. The highest BCUT2D eigenvalue weighted by atomic mass is 16.7. The molecule has 0 N–H and O–H groups in total. The minimum atomic E-state index is -0.535. The zero-order chi connectivity index (χ0) is 17.5. The molecule has 0 fully saturated rings. The Morgan fingerprint density at radius 2 is 1.88 bits per heavy atom. The van der Waals surface area contributed by atoms with Crippen LogP contribution in [0.5, 0.6) is 5.75 Å². The van der Waals surface area contributed by atoms with E-state index in [1.165, 1.54) is 11.5 Å². The molecule has 2 aromatic carbocycles. The largest absolute Gasteiger partial charge is 0.451 e. The fraction of sp³-hybridized carbons (Fsp3) is 0.158. The lowest BCUT2D eigenvalue weighted by Crippen LogP contribution is -2.34. The quantitative estimate of drug-likeness (QED) is 0.627. The first-order valence-electron chi connectivity index (χ1n) is 7.91. The lowest BCUT2D eigenvalue weighted by atomic mass is 10.2. The molecule has 0 spiro atoms. The number of hydrogen-bond acceptors (Lipinski definition) is 5. The van der Waals surface area contributed by atoms with E-state index in [-0.39, 0.29) is 6.61 Å². The SMILES string of the molecule is CCN(Oc1ccc(-c2cocn2)cc1)C(=O)OCc1ccccc1. The Morgan fingerprint density at radius 1 is 1.12 bits per heavy atom. The van der Waals surface area contributed by atoms with E-state index in [9.17, 15) is 4.79 Å². The van der Waals surface area contributed by atoms with Gasteiger partial charge in [-0.3, -0.25) is 0 Å². The van der Waals surface area contributed by atoms with Crippen molar-refractivity contribution in [1.82, 2.24) is 10.0 Å². The third-order valence-corrected chi connectivity index (χ3v) is 3.49. The molecule has 3 aromatic rings. The van der Waals surface area contributed by atoms with E-state index in [1.807, 2.05) is 49.4 Å². The summed E-state index contributed by atoms with van der Waals surface area (Å²) in [5, 5.41) is 1.17. The van der Waals surface area contributed by atoms with Crippen LogP contribution in [-0.2, 0) is 11.3 Å². The van der Waals surface area contributed by atoms with E-state index in [4.69, 9.17) is 14.0 Å². The van der Waals surface area contributed by atoms with Gasteiger partial charge in [-0.15, -0.1) is 5.06 Å². The molecule has 0 saturated heterocycles. The number of ether oxygens (including phenoxy) is 1. The van der Waals surface area contributed by atoms with Crippen molar-refractivity contribution in [2.45, 2.75) is 13.5 Å². The van der Waals surface area contributed by atoms with E-state index in [1.54, 1.807) is 18.4 Å². The molecule has 0 aliphatic heterocycles. The van der Waals surface area contributed by atoms with Gasteiger partial charge in [-0.25, -0.2) is 9.78 Å². The second-order valence-corrected chi connectivity index (χ2v) is 5.22. The Kier molecular flexibility index (Phi) is 5.31. The summed E-state index contributed by atoms with van der Waals surface area (Å²) in [6.07, 6.45) is 2.41. The number of amides is 1. The normalized spacial score (nSPS) is 10.3. The zero-order valence-electron chi connectivity index (χ0n) is 13.8. The van der Waals surface area contributed by atoms with Crippen LogP contribution in [0.4, 0.5) is 4.79 Å². The number of carbonyl (C=O) groups excluding carboxylic acids is 1. The molecule has 6 heteroatoms. The summed E-state index contributed by atoms with van der Waals surface area (Å²) in [5.41, 5.74) is 2.56. The standard InChI is InChI=1S/C19H18N2O4/c1-2-21(19(22)24-12-15-6-4-3-5-7-15)25-17-10-8-16(9-11-17)18-13-23-14-20-18/h3-11,13-14H,2,12H2,1H3. The zero-order valence-corrected chi connectivity index (χ0v) is 13.8. The fourth-order valence-electron chi connectivity index (χ4n) is 2.19. The summed E-state index contributed by atoms with van der Waals surface area (Å²) < 4.78 is 10.2. The van der Waals surface area contributed by atoms with E-state index in [2.05, 4.69) is 4.98 Å². The molecule has 0 saturated carbocycles. The van der Waals surface area contributed by atoms with Gasteiger partial charge in [-0.1, -0.05) is 30.3 Å². The van der Waals surface area contributed by atoms with Crippen molar-refractivity contribution in [1.29, 1.82) is 0 Å². The monoisotopic (exact) mass is 338 g/mol. The Bertz CT molecular complexity index is 786. The van der Waals surface area contributed by atoms with Gasteiger partial charge in [0.05, 0.1) is 6.54 Å². The number of hydrogen-bond donors (Lipinski definition) is 0. The highest BCUT2D eigenvalue weighted by molar-refractivity contribution is 5.66. The second kappa shape index (κ2) is 8.01. The summed E-state index contributed by atoms with van der Waals surface area (Å²) in [7, 11) is 0. The van der Waals surface area contributed by atoms with Crippen molar-refractivity contribution >= 4 is 6.09 Å². The maximum atomic E-state index is 12.2. The van der Waals surface area contributed by atoms with Crippen LogP contribution in [0.15, 0.2) is 71.7 Å². The van der Waals surface area contributed by atoms with E-state index >= 15 is 0 Å². The summed E-state index contributed by atoms with van der Waals surface area (Å²) in [6.45, 7) is 2.37. The number of oxazole rings is 1. The topological polar surface area (TPSA) is 64.8 Å². The Morgan fingerprint density at radius 3 is 2.52 bits per heavy atom. The first-order chi connectivity index (χ1) is 12.3. The van der Waals surface area contributed by atoms with Gasteiger partial charge in [0.25, 0.3) is 0 Å². The molecule has 0 aliphatic rings. The summed E-state index contributed by atoms with van der Waals surface area (Å²) in [6, 6.07) is 16.7. The van der Waals surface area contributed by atoms with E-state index in [0.717, 1.165) is 16.8 Å². The average Bonchev–Trinajstić information content (AvgIpc) is 3.20. The van der Waals surface area contributed by atoms with Crippen LogP contribution in [-0.4, -0.2) is 22.7 Å². The molecule has 3 rings (SSSR count). The number of aromatic nitrogens is 1. The number of benzene rings is 2. The van der Waals surface area contributed by atoms with Gasteiger partial charge < -0.3 is 14.0 Å². The molecular formula is C19H18N2O4. The first kappa shape index (κ1) is 16.6. The molecule has 1 heterocycles. The van der Waals surface area contributed by atoms with Crippen molar-refractivity contribution in [3.63, 3.8) is 0 Å². The molecule has 128 valence electrons. The maximum Gasteiger partial charge on any atom is 0.443 e. The number of hydroxylamine groups is 2. The Balaban J connectivity index is 1.58. The summed E-state index contributed by atoms with van der Waals surface area (Å²) in [4.78, 5) is 21.8. The number of nitrogens with zero attached hydrogens (tertiary/aromatic N) is 2. The van der Waals surface area contributed by atoms with Crippen molar-refractivity contribution in [2.75, 3.05) is 6.54 Å². The molecule has 0 radical (unpaired) electrons. The molecule has 1 amide bonds. The summed E-state index contributed by atoms with van der Waals surface area (Å²) in [5.74, 6) is 0.533. The molecule has 6 nitrogen and oxygen atoms in total. The predicted octanol–water partition coefficient (Wildman–Crippen LogP) is 4.29. The fourth-order valence-corrected chi connectivity index (χ4v) is 2.19. The highest BCUT2D eigenvalue weighted by Crippen LogP contribution is 2.21. The van der Waals surface area contributed by atoms with Gasteiger partial charge >= 0.3 is 6.09 Å². The third-order valence-electron chi connectivity index (χ3n) is 3.49. The number of rotatable bonds is 6. The van der Waals surface area contributed by atoms with Crippen LogP contribution in [0.25, 0.3) is 11.3 Å². The molecular weight excluding hydrogens is 320 g/mol. The minimum Gasteiger partial charge on any atom is -0.451 e. The minimum absolute atomic E-state index is 0.199. The van der Waals surface area contributed by atoms with Crippen molar-refractivity contribution in [2.24, 2.45) is 0 Å². The van der Waals surface area contributed by atoms with Gasteiger partial charge in [-0.05, 0) is 36.8 Å². The van der Waals surface area contributed by atoms with Gasteiger partial charge in [0.2, 0.25) is 0 Å². The molecule has 0 unspecified atom stereocenters. The van der Waals surface area contributed by atoms with Crippen LogP contribution >= 0.6 is 0 Å². The third kappa shape index (κ3) is 4.38. The van der Waals surface area contributed by atoms with Gasteiger partial charge in [0.1, 0.15) is 18.6 Å². The average molecular weight is 338 g/mol. The van der Waals surface area contributed by atoms with Crippen LogP contribution in [0.3, 0.4) is 0 Å². The van der Waals surface area contributed by atoms with Crippen LogP contribution in [0, 0.1) is 0 Å². The van der Waals surface area contributed by atoms with Gasteiger partial charge in [-0.2, -0.15) is 0 Å². The van der Waals surface area contributed by atoms with Crippen LogP contribution < -0.4 is 4.84 Å². The molecule has 0 aliphatic carbocycles. The molecule has 1 aromatic heterocycles. The smallest absolute Gasteiger partial charge is 0.443 e. The molecule has 0 atom stereocenters. The summed E-state index contributed by atoms with van der Waals surface area (Å²) >= 11 is 0. The van der Waals surface area contributed by atoms with Crippen molar-refractivity contribution in [3.05, 3.63) is 72.8 Å². The van der Waals surface area contributed by atoms with Gasteiger partial charge in [0, 0.05) is 5.56 Å². The lowest BCUT2D eigenvalue weighted by Gasteiger charge is -2.20.